The average molecular weight is 521 g/mol. The van der Waals surface area contributed by atoms with Crippen molar-refractivity contribution in [2.45, 2.75) is 18.6 Å². The molecule has 0 spiro atoms. The van der Waals surface area contributed by atoms with Gasteiger partial charge in [0.2, 0.25) is 0 Å². The zero-order valence-electron chi connectivity index (χ0n) is 17.7. The standard InChI is InChI=1S/C22H16ClF3N6O2S/c23-15-8-12(22(24,25)26)10-29-21(15)32-7-6-13-14(9-27)20(28)35-19(13)18(32)17(31-34)16(30-33)11-4-2-1-3-5-11/h1-5,8,10,18,33-34H,6-7,28H2. The topological polar surface area (TPSA) is 131 Å². The molecule has 1 atom stereocenters. The van der Waals surface area contributed by atoms with Crippen LogP contribution in [0.4, 0.5) is 24.0 Å². The fourth-order valence-electron chi connectivity index (χ4n) is 3.98. The average Bonchev–Trinajstić information content (AvgIpc) is 3.17. The first-order valence-electron chi connectivity index (χ1n) is 10.0. The highest BCUT2D eigenvalue weighted by atomic mass is 35.5. The number of halogens is 4. The maximum absolute atomic E-state index is 13.2. The number of nitrogen functional groups attached to an aromatic ring is 1. The highest BCUT2D eigenvalue weighted by molar-refractivity contribution is 7.16. The van der Waals surface area contributed by atoms with Gasteiger partial charge in [-0.3, -0.25) is 0 Å². The van der Waals surface area contributed by atoms with Crippen molar-refractivity contribution < 1.29 is 23.6 Å². The molecule has 1 aliphatic rings. The molecule has 0 radical (unpaired) electrons. The number of nitriles is 1. The maximum atomic E-state index is 13.2. The minimum Gasteiger partial charge on any atom is -0.411 e. The molecule has 0 bridgehead atoms. The van der Waals surface area contributed by atoms with Crippen molar-refractivity contribution in [2.75, 3.05) is 17.2 Å². The molecule has 35 heavy (non-hydrogen) atoms. The monoisotopic (exact) mass is 520 g/mol. The Bertz CT molecular complexity index is 1370. The van der Waals surface area contributed by atoms with E-state index < -0.39 is 17.8 Å². The Morgan fingerprint density at radius 2 is 1.97 bits per heavy atom. The Balaban J connectivity index is 1.91. The minimum atomic E-state index is -4.64. The first kappa shape index (κ1) is 24.3. The Morgan fingerprint density at radius 1 is 1.26 bits per heavy atom. The quantitative estimate of drug-likeness (QED) is 0.250. The molecule has 0 aliphatic carbocycles. The van der Waals surface area contributed by atoms with Gasteiger partial charge in [-0.2, -0.15) is 18.4 Å². The Morgan fingerprint density at radius 3 is 2.54 bits per heavy atom. The van der Waals surface area contributed by atoms with Gasteiger partial charge in [-0.25, -0.2) is 4.98 Å². The lowest BCUT2D eigenvalue weighted by molar-refractivity contribution is -0.137. The second kappa shape index (κ2) is 9.44. The van der Waals surface area contributed by atoms with Crippen LogP contribution in [0.2, 0.25) is 5.02 Å². The highest BCUT2D eigenvalue weighted by Crippen LogP contribution is 2.45. The first-order valence-corrected chi connectivity index (χ1v) is 11.2. The van der Waals surface area contributed by atoms with Gasteiger partial charge in [-0.1, -0.05) is 52.2 Å². The van der Waals surface area contributed by atoms with Crippen molar-refractivity contribution in [3.63, 3.8) is 0 Å². The van der Waals surface area contributed by atoms with Crippen LogP contribution in [0.3, 0.4) is 0 Å². The number of oxime groups is 2. The largest absolute Gasteiger partial charge is 0.417 e. The lowest BCUT2D eigenvalue weighted by Crippen LogP contribution is -2.42. The summed E-state index contributed by atoms with van der Waals surface area (Å²) in [4.78, 5) is 5.99. The van der Waals surface area contributed by atoms with Gasteiger partial charge in [-0.15, -0.1) is 11.3 Å². The fourth-order valence-corrected chi connectivity index (χ4v) is 5.44. The minimum absolute atomic E-state index is 0.00713. The molecule has 2 aromatic heterocycles. The Kier molecular flexibility index (Phi) is 6.56. The summed E-state index contributed by atoms with van der Waals surface area (Å²) < 4.78 is 39.5. The molecule has 4 N–H and O–H groups in total. The van der Waals surface area contributed by atoms with E-state index in [1.54, 1.807) is 30.3 Å². The second-order valence-corrected chi connectivity index (χ2v) is 8.96. The van der Waals surface area contributed by atoms with E-state index in [2.05, 4.69) is 21.4 Å². The van der Waals surface area contributed by atoms with E-state index in [-0.39, 0.29) is 39.4 Å². The number of benzene rings is 1. The number of thiophene rings is 1. The first-order chi connectivity index (χ1) is 16.7. The molecule has 8 nitrogen and oxygen atoms in total. The van der Waals surface area contributed by atoms with Crippen LogP contribution < -0.4 is 10.6 Å². The summed E-state index contributed by atoms with van der Waals surface area (Å²) in [5, 5.41) is 36.2. The number of nitrogens with two attached hydrogens (primary N) is 1. The van der Waals surface area contributed by atoms with Crippen molar-refractivity contribution in [3.05, 3.63) is 74.7 Å². The fraction of sp³-hybridized carbons (Fsp3) is 0.182. The molecule has 0 amide bonds. The third kappa shape index (κ3) is 4.36. The van der Waals surface area contributed by atoms with Crippen molar-refractivity contribution >= 4 is 45.2 Å². The van der Waals surface area contributed by atoms with E-state index in [1.807, 2.05) is 0 Å². The summed E-state index contributed by atoms with van der Waals surface area (Å²) in [6, 6.07) is 10.2. The predicted molar refractivity (Wildman–Crippen MR) is 125 cm³/mol. The lowest BCUT2D eigenvalue weighted by atomic mass is 9.91. The number of fused-ring (bicyclic) bond motifs is 1. The highest BCUT2D eigenvalue weighted by Gasteiger charge is 2.40. The summed E-state index contributed by atoms with van der Waals surface area (Å²) >= 11 is 7.31. The molecule has 13 heteroatoms. The summed E-state index contributed by atoms with van der Waals surface area (Å²) in [5.41, 5.74) is 6.09. The van der Waals surface area contributed by atoms with Gasteiger partial charge >= 0.3 is 6.18 Å². The van der Waals surface area contributed by atoms with Gasteiger partial charge in [0.25, 0.3) is 0 Å². The molecule has 1 aromatic carbocycles. The summed E-state index contributed by atoms with van der Waals surface area (Å²) in [6.07, 6.45) is -3.68. The van der Waals surface area contributed by atoms with Gasteiger partial charge < -0.3 is 21.0 Å². The number of hydrogen-bond donors (Lipinski definition) is 3. The van der Waals surface area contributed by atoms with E-state index in [9.17, 15) is 28.8 Å². The number of hydrogen-bond acceptors (Lipinski definition) is 9. The summed E-state index contributed by atoms with van der Waals surface area (Å²) in [5.74, 6) is -0.00713. The molecule has 3 aromatic rings. The van der Waals surface area contributed by atoms with Crippen molar-refractivity contribution in [1.29, 1.82) is 5.26 Å². The smallest absolute Gasteiger partial charge is 0.411 e. The van der Waals surface area contributed by atoms with Crippen LogP contribution in [0.5, 0.6) is 0 Å². The number of aromatic nitrogens is 1. The zero-order chi connectivity index (χ0) is 25.3. The van der Waals surface area contributed by atoms with Crippen LogP contribution >= 0.6 is 22.9 Å². The molecule has 0 fully saturated rings. The number of pyridine rings is 1. The van der Waals surface area contributed by atoms with Gasteiger partial charge in [0, 0.05) is 23.2 Å². The Labute approximate surface area is 206 Å². The van der Waals surface area contributed by atoms with Crippen molar-refractivity contribution in [3.8, 4) is 6.07 Å². The molecular formula is C22H16ClF3N6O2S. The molecule has 0 saturated heterocycles. The predicted octanol–water partition coefficient (Wildman–Crippen LogP) is 5.08. The van der Waals surface area contributed by atoms with Crippen LogP contribution in [0.25, 0.3) is 0 Å². The van der Waals surface area contributed by atoms with Gasteiger partial charge in [0.15, 0.2) is 0 Å². The normalized spacial score (nSPS) is 16.7. The zero-order valence-corrected chi connectivity index (χ0v) is 19.2. The molecule has 0 saturated carbocycles. The van der Waals surface area contributed by atoms with Crippen LogP contribution in [-0.2, 0) is 12.6 Å². The Hall–Kier alpha value is -3.82. The third-order valence-corrected chi connectivity index (χ3v) is 6.91. The maximum Gasteiger partial charge on any atom is 0.417 e. The van der Waals surface area contributed by atoms with Crippen LogP contribution in [0.1, 0.15) is 33.2 Å². The van der Waals surface area contributed by atoms with E-state index in [0.29, 0.717) is 28.6 Å². The molecule has 1 aliphatic heterocycles. The molecular weight excluding hydrogens is 505 g/mol. The molecule has 1 unspecified atom stereocenters. The summed E-state index contributed by atoms with van der Waals surface area (Å²) in [7, 11) is 0. The third-order valence-electron chi connectivity index (χ3n) is 5.52. The second-order valence-electron chi connectivity index (χ2n) is 7.47. The van der Waals surface area contributed by atoms with Gasteiger partial charge in [-0.05, 0) is 18.1 Å². The van der Waals surface area contributed by atoms with Crippen molar-refractivity contribution in [2.24, 2.45) is 10.3 Å². The SMILES string of the molecule is N#Cc1c(N)sc2c1CCN(c1ncc(C(F)(F)F)cc1Cl)C2C(=NO)C(=NO)c1ccccc1. The number of rotatable bonds is 4. The lowest BCUT2D eigenvalue weighted by Gasteiger charge is -2.37. The molecule has 3 heterocycles. The van der Waals surface area contributed by atoms with Gasteiger partial charge in [0.1, 0.15) is 34.4 Å². The van der Waals surface area contributed by atoms with E-state index in [0.717, 1.165) is 17.4 Å². The van der Waals surface area contributed by atoms with Crippen LogP contribution in [-0.4, -0.2) is 33.4 Å². The summed E-state index contributed by atoms with van der Waals surface area (Å²) in [6.45, 7) is 0.146. The number of anilines is 2. The number of nitrogens with zero attached hydrogens (tertiary/aromatic N) is 5. The molecule has 4 rings (SSSR count). The van der Waals surface area contributed by atoms with Crippen LogP contribution in [0.15, 0.2) is 52.9 Å². The van der Waals surface area contributed by atoms with E-state index >= 15 is 0 Å². The van der Waals surface area contributed by atoms with Crippen LogP contribution in [0, 0.1) is 11.3 Å². The van der Waals surface area contributed by atoms with E-state index in [1.165, 1.54) is 4.90 Å². The number of alkyl halides is 3. The van der Waals surface area contributed by atoms with E-state index in [4.69, 9.17) is 17.3 Å². The van der Waals surface area contributed by atoms with Crippen molar-refractivity contribution in [1.82, 2.24) is 4.98 Å². The van der Waals surface area contributed by atoms with Gasteiger partial charge in [0.05, 0.1) is 16.1 Å². The molecule has 180 valence electrons.